The zero-order valence-corrected chi connectivity index (χ0v) is 24.0. The Kier molecular flexibility index (Phi) is 7.80. The Morgan fingerprint density at radius 3 is 2.35 bits per heavy atom. The van der Waals surface area contributed by atoms with Crippen molar-refractivity contribution in [2.75, 3.05) is 57.3 Å². The number of piperidine rings is 1. The fourth-order valence-electron chi connectivity index (χ4n) is 6.13. The van der Waals surface area contributed by atoms with E-state index in [-0.39, 0.29) is 29.9 Å². The van der Waals surface area contributed by atoms with Crippen LogP contribution >= 0.6 is 0 Å². The maximum atomic E-state index is 13.4. The molecule has 4 aliphatic rings. The molecule has 218 valence electrons. The number of amides is 5. The second-order valence-electron chi connectivity index (χ2n) is 12.4. The molecule has 0 aliphatic carbocycles. The molecule has 1 aromatic carbocycles. The van der Waals surface area contributed by atoms with Gasteiger partial charge in [0.15, 0.2) is 0 Å². The van der Waals surface area contributed by atoms with Gasteiger partial charge in [-0.25, -0.2) is 9.59 Å². The van der Waals surface area contributed by atoms with E-state index in [9.17, 15) is 19.2 Å². The largest absolute Gasteiger partial charge is 0.444 e. The van der Waals surface area contributed by atoms with E-state index in [0.717, 1.165) is 37.9 Å². The van der Waals surface area contributed by atoms with Gasteiger partial charge in [-0.2, -0.15) is 0 Å². The van der Waals surface area contributed by atoms with E-state index in [4.69, 9.17) is 9.47 Å². The van der Waals surface area contributed by atoms with Crippen molar-refractivity contribution in [2.45, 2.75) is 70.6 Å². The molecule has 40 heavy (non-hydrogen) atoms. The number of benzene rings is 1. The highest BCUT2D eigenvalue weighted by molar-refractivity contribution is 6.06. The number of imide groups is 1. The van der Waals surface area contributed by atoms with Gasteiger partial charge in [0.1, 0.15) is 5.60 Å². The number of rotatable bonds is 3. The predicted octanol–water partition coefficient (Wildman–Crippen LogP) is 2.76. The zero-order valence-electron chi connectivity index (χ0n) is 24.0. The maximum Gasteiger partial charge on any atom is 0.410 e. The molecule has 1 aromatic rings. The van der Waals surface area contributed by atoms with Crippen LogP contribution in [0.2, 0.25) is 0 Å². The van der Waals surface area contributed by atoms with Crippen LogP contribution in [0.4, 0.5) is 15.3 Å². The Hall–Kier alpha value is -3.18. The van der Waals surface area contributed by atoms with E-state index >= 15 is 0 Å². The molecule has 1 spiro atoms. The van der Waals surface area contributed by atoms with Gasteiger partial charge >= 0.3 is 12.1 Å². The van der Waals surface area contributed by atoms with E-state index in [1.807, 2.05) is 38.7 Å². The van der Waals surface area contributed by atoms with Crippen LogP contribution in [0.5, 0.6) is 0 Å². The van der Waals surface area contributed by atoms with Crippen LogP contribution in [0.1, 0.15) is 62.4 Å². The number of carbonyl (C=O) groups is 4. The summed E-state index contributed by atoms with van der Waals surface area (Å²) in [6.45, 7) is 12.6. The van der Waals surface area contributed by atoms with Gasteiger partial charge in [0.05, 0.1) is 12.2 Å². The number of nitrogens with one attached hydrogen (secondary N) is 1. The molecular formula is C29H41N5O6. The first-order valence-electron chi connectivity index (χ1n) is 14.3. The van der Waals surface area contributed by atoms with Crippen molar-refractivity contribution in [3.63, 3.8) is 0 Å². The van der Waals surface area contributed by atoms with Crippen molar-refractivity contribution in [2.24, 2.45) is 0 Å². The second-order valence-corrected chi connectivity index (χ2v) is 12.4. The van der Waals surface area contributed by atoms with E-state index in [1.165, 1.54) is 4.90 Å². The van der Waals surface area contributed by atoms with Crippen LogP contribution in [0, 0.1) is 6.92 Å². The number of urea groups is 1. The Labute approximate surface area is 235 Å². The number of aryl methyl sites for hydroxylation is 1. The predicted molar refractivity (Wildman–Crippen MR) is 148 cm³/mol. The second kappa shape index (κ2) is 11.0. The third kappa shape index (κ3) is 6.10. The number of carbonyl (C=O) groups excluding carboxylic acids is 4. The highest BCUT2D eigenvalue weighted by Crippen LogP contribution is 2.38. The van der Waals surface area contributed by atoms with Gasteiger partial charge in [0.2, 0.25) is 5.91 Å². The van der Waals surface area contributed by atoms with Crippen molar-refractivity contribution < 1.29 is 28.7 Å². The molecule has 5 amide bonds. The third-order valence-corrected chi connectivity index (χ3v) is 8.43. The van der Waals surface area contributed by atoms with Gasteiger partial charge in [0.25, 0.3) is 5.91 Å². The summed E-state index contributed by atoms with van der Waals surface area (Å²) >= 11 is 0. The van der Waals surface area contributed by atoms with Gasteiger partial charge in [-0.3, -0.25) is 24.7 Å². The summed E-state index contributed by atoms with van der Waals surface area (Å²) in [4.78, 5) is 57.4. The molecule has 4 heterocycles. The summed E-state index contributed by atoms with van der Waals surface area (Å²) < 4.78 is 11.9. The lowest BCUT2D eigenvalue weighted by Crippen LogP contribution is -2.53. The maximum absolute atomic E-state index is 13.4. The van der Waals surface area contributed by atoms with Crippen molar-refractivity contribution in [1.29, 1.82) is 0 Å². The number of hydrogen-bond donors (Lipinski definition) is 1. The lowest BCUT2D eigenvalue weighted by molar-refractivity contribution is -0.120. The van der Waals surface area contributed by atoms with E-state index in [2.05, 4.69) is 10.2 Å². The number of piperazine rings is 1. The minimum Gasteiger partial charge on any atom is -0.444 e. The molecule has 0 bridgehead atoms. The lowest BCUT2D eigenvalue weighted by Gasteiger charge is -2.40. The molecule has 1 unspecified atom stereocenters. The number of likely N-dealkylation sites (tertiary alicyclic amines) is 1. The highest BCUT2D eigenvalue weighted by atomic mass is 16.6. The van der Waals surface area contributed by atoms with Gasteiger partial charge in [0, 0.05) is 69.5 Å². The molecule has 11 nitrogen and oxygen atoms in total. The Bertz CT molecular complexity index is 1160. The van der Waals surface area contributed by atoms with Crippen LogP contribution < -0.4 is 10.2 Å². The molecule has 4 aliphatic heterocycles. The Morgan fingerprint density at radius 2 is 1.70 bits per heavy atom. The van der Waals surface area contributed by atoms with Crippen molar-refractivity contribution in [3.8, 4) is 0 Å². The monoisotopic (exact) mass is 555 g/mol. The summed E-state index contributed by atoms with van der Waals surface area (Å²) in [7, 11) is 0. The average molecular weight is 556 g/mol. The van der Waals surface area contributed by atoms with Gasteiger partial charge < -0.3 is 19.3 Å². The number of anilines is 1. The summed E-state index contributed by atoms with van der Waals surface area (Å²) in [6, 6.07) is 5.27. The summed E-state index contributed by atoms with van der Waals surface area (Å²) in [5.74, 6) is -0.342. The molecule has 1 atom stereocenters. The first-order valence-corrected chi connectivity index (χ1v) is 14.3. The first-order chi connectivity index (χ1) is 18.9. The standard InChI is InChI=1S/C29H41N5O6/c1-20-5-6-21(17-23(20)34-10-7-24(35)30-26(34)37)25(36)32-11-8-29(9-12-32)18-22(19-39-29)31-13-15-33(16-14-31)27(38)40-28(2,3)4/h5-6,17,22H,7-16,18-19H2,1-4H3,(H,30,35,37). The fourth-order valence-corrected chi connectivity index (χ4v) is 6.13. The topological polar surface area (TPSA) is 112 Å². The zero-order chi connectivity index (χ0) is 28.7. The van der Waals surface area contributed by atoms with E-state index < -0.39 is 11.6 Å². The summed E-state index contributed by atoms with van der Waals surface area (Å²) in [5, 5.41) is 2.35. The average Bonchev–Trinajstić information content (AvgIpc) is 3.32. The van der Waals surface area contributed by atoms with Gasteiger partial charge in [-0.15, -0.1) is 0 Å². The van der Waals surface area contributed by atoms with Crippen LogP contribution in [0.3, 0.4) is 0 Å². The van der Waals surface area contributed by atoms with Crippen LogP contribution in [0.15, 0.2) is 18.2 Å². The van der Waals surface area contributed by atoms with Crippen LogP contribution in [-0.2, 0) is 14.3 Å². The number of hydrogen-bond acceptors (Lipinski definition) is 7. The van der Waals surface area contributed by atoms with Crippen molar-refractivity contribution in [3.05, 3.63) is 29.3 Å². The molecule has 5 rings (SSSR count). The minimum absolute atomic E-state index is 0.0580. The Morgan fingerprint density at radius 1 is 1.00 bits per heavy atom. The highest BCUT2D eigenvalue weighted by Gasteiger charge is 2.45. The molecule has 0 aromatic heterocycles. The summed E-state index contributed by atoms with van der Waals surface area (Å²) in [5.41, 5.74) is 1.34. The molecule has 0 radical (unpaired) electrons. The molecule has 11 heteroatoms. The number of ether oxygens (including phenoxy) is 2. The number of nitrogens with zero attached hydrogens (tertiary/aromatic N) is 4. The SMILES string of the molecule is Cc1ccc(C(=O)N2CCC3(CC2)CC(N2CCN(C(=O)OC(C)(C)C)CC2)CO3)cc1N1CCC(=O)NC1=O. The molecular weight excluding hydrogens is 514 g/mol. The molecule has 1 N–H and O–H groups in total. The van der Waals surface area contributed by atoms with Crippen molar-refractivity contribution in [1.82, 2.24) is 20.0 Å². The molecule has 4 saturated heterocycles. The summed E-state index contributed by atoms with van der Waals surface area (Å²) in [6.07, 6.45) is 2.47. The van der Waals surface area contributed by atoms with E-state index in [0.29, 0.717) is 56.6 Å². The van der Waals surface area contributed by atoms with Crippen LogP contribution in [-0.4, -0.2) is 108 Å². The minimum atomic E-state index is -0.497. The van der Waals surface area contributed by atoms with Crippen molar-refractivity contribution >= 4 is 29.6 Å². The smallest absolute Gasteiger partial charge is 0.410 e. The normalized spacial score (nSPS) is 23.9. The quantitative estimate of drug-likeness (QED) is 0.611. The third-order valence-electron chi connectivity index (χ3n) is 8.43. The molecule has 4 fully saturated rings. The molecule has 0 saturated carbocycles. The van der Waals surface area contributed by atoms with Crippen LogP contribution in [0.25, 0.3) is 0 Å². The first kappa shape index (κ1) is 28.4. The Balaban J connectivity index is 1.14. The van der Waals surface area contributed by atoms with Gasteiger partial charge in [-0.05, 0) is 64.7 Å². The van der Waals surface area contributed by atoms with Gasteiger partial charge in [-0.1, -0.05) is 6.07 Å². The fraction of sp³-hybridized carbons (Fsp3) is 0.655. The van der Waals surface area contributed by atoms with E-state index in [1.54, 1.807) is 17.0 Å². The lowest BCUT2D eigenvalue weighted by atomic mass is 9.86.